The molecule has 1 saturated heterocycles. The number of aromatic nitrogens is 1. The van der Waals surface area contributed by atoms with E-state index in [1.54, 1.807) is 6.20 Å². The van der Waals surface area contributed by atoms with Gasteiger partial charge in [-0.3, -0.25) is 4.98 Å². The highest BCUT2D eigenvalue weighted by Gasteiger charge is 2.19. The van der Waals surface area contributed by atoms with Crippen molar-refractivity contribution in [2.24, 2.45) is 0 Å². The van der Waals surface area contributed by atoms with Crippen molar-refractivity contribution in [2.45, 2.75) is 18.8 Å². The van der Waals surface area contributed by atoms with E-state index in [0.29, 0.717) is 5.92 Å². The van der Waals surface area contributed by atoms with Gasteiger partial charge in [-0.15, -0.1) is 0 Å². The lowest BCUT2D eigenvalue weighted by atomic mass is 9.94. The average molecular weight is 323 g/mol. The molecule has 0 saturated carbocycles. The van der Waals surface area contributed by atoms with E-state index in [2.05, 4.69) is 37.0 Å². The van der Waals surface area contributed by atoms with Gasteiger partial charge in [0.2, 0.25) is 0 Å². The molecule has 0 radical (unpaired) electrons. The van der Waals surface area contributed by atoms with Crippen LogP contribution in [0.5, 0.6) is 0 Å². The quantitative estimate of drug-likeness (QED) is 0.583. The first kappa shape index (κ1) is 10.6. The largest absolute Gasteiger partial charge is 0.259 e. The van der Waals surface area contributed by atoms with E-state index < -0.39 is 0 Å². The van der Waals surface area contributed by atoms with Crippen molar-refractivity contribution < 1.29 is 0 Å². The van der Waals surface area contributed by atoms with Crippen molar-refractivity contribution in [3.05, 3.63) is 29.0 Å². The Balaban J connectivity index is 2.05. The van der Waals surface area contributed by atoms with Crippen LogP contribution < -0.4 is 0 Å². The van der Waals surface area contributed by atoms with Gasteiger partial charge in [0.25, 0.3) is 0 Å². The molecule has 0 aliphatic carbocycles. The molecule has 1 aromatic rings. The molecule has 1 aromatic heterocycles. The van der Waals surface area contributed by atoms with Crippen LogP contribution in [-0.4, -0.2) is 21.2 Å². The maximum Gasteiger partial charge on any atom is 0.0589 e. The van der Waals surface area contributed by atoms with Gasteiger partial charge in [0, 0.05) is 53.8 Å². The van der Waals surface area contributed by atoms with Crippen LogP contribution in [0.4, 0.5) is 0 Å². The van der Waals surface area contributed by atoms with Crippen LogP contribution in [0.3, 0.4) is 0 Å². The maximum atomic E-state index is 5.80. The summed E-state index contributed by atoms with van der Waals surface area (Å²) in [7, 11) is 0. The van der Waals surface area contributed by atoms with Crippen LogP contribution in [0.2, 0.25) is 5.02 Å². The first-order chi connectivity index (χ1) is 6.75. The first-order valence-electron chi connectivity index (χ1n) is 4.78. The second kappa shape index (κ2) is 4.77. The minimum absolute atomic E-state index is 0.623. The smallest absolute Gasteiger partial charge is 0.0589 e. The molecule has 0 aromatic carbocycles. The van der Waals surface area contributed by atoms with Crippen molar-refractivity contribution in [1.82, 2.24) is 8.10 Å². The van der Waals surface area contributed by atoms with Gasteiger partial charge in [-0.1, -0.05) is 11.6 Å². The van der Waals surface area contributed by atoms with Gasteiger partial charge in [-0.2, -0.15) is 0 Å². The third kappa shape index (κ3) is 2.58. The lowest BCUT2D eigenvalue weighted by molar-refractivity contribution is 0.364. The van der Waals surface area contributed by atoms with E-state index in [9.17, 15) is 0 Å². The Morgan fingerprint density at radius 3 is 2.64 bits per heavy atom. The zero-order valence-corrected chi connectivity index (χ0v) is 10.7. The molecular weight excluding hydrogens is 310 g/mol. The van der Waals surface area contributed by atoms with Crippen LogP contribution in [0, 0.1) is 0 Å². The molecule has 2 heterocycles. The first-order valence-corrected chi connectivity index (χ1v) is 6.12. The standard InChI is InChI=1S/C10H12ClIN2/c11-9-1-2-10(13-7-9)8-3-5-14(12)6-4-8/h1-2,7-8H,3-6H2. The molecule has 0 atom stereocenters. The normalized spacial score (nSPS) is 19.9. The van der Waals surface area contributed by atoms with E-state index in [-0.39, 0.29) is 0 Å². The molecule has 1 aliphatic heterocycles. The van der Waals surface area contributed by atoms with Crippen LogP contribution >= 0.6 is 34.5 Å². The van der Waals surface area contributed by atoms with E-state index >= 15 is 0 Å². The summed E-state index contributed by atoms with van der Waals surface area (Å²) in [6.07, 6.45) is 4.16. The summed E-state index contributed by atoms with van der Waals surface area (Å²) in [5.41, 5.74) is 1.19. The third-order valence-electron chi connectivity index (χ3n) is 2.61. The molecule has 0 N–H and O–H groups in total. The molecule has 1 aliphatic rings. The van der Waals surface area contributed by atoms with E-state index in [1.807, 2.05) is 6.07 Å². The Morgan fingerprint density at radius 2 is 2.07 bits per heavy atom. The molecule has 0 unspecified atom stereocenters. The van der Waals surface area contributed by atoms with Crippen LogP contribution in [0.25, 0.3) is 0 Å². The molecule has 0 amide bonds. The molecule has 4 heteroatoms. The Kier molecular flexibility index (Phi) is 3.62. The van der Waals surface area contributed by atoms with Crippen LogP contribution in [-0.2, 0) is 0 Å². The van der Waals surface area contributed by atoms with Crippen molar-refractivity contribution >= 4 is 34.5 Å². The lowest BCUT2D eigenvalue weighted by Crippen LogP contribution is -2.25. The monoisotopic (exact) mass is 322 g/mol. The highest BCUT2D eigenvalue weighted by Crippen LogP contribution is 2.28. The van der Waals surface area contributed by atoms with Gasteiger partial charge >= 0.3 is 0 Å². The zero-order chi connectivity index (χ0) is 9.97. The zero-order valence-electron chi connectivity index (χ0n) is 7.79. The highest BCUT2D eigenvalue weighted by molar-refractivity contribution is 14.1. The summed E-state index contributed by atoms with van der Waals surface area (Å²) in [4.78, 5) is 4.37. The lowest BCUT2D eigenvalue weighted by Gasteiger charge is -2.26. The minimum Gasteiger partial charge on any atom is -0.259 e. The van der Waals surface area contributed by atoms with E-state index in [0.717, 1.165) is 18.1 Å². The number of hydrogen-bond donors (Lipinski definition) is 0. The molecule has 2 nitrogen and oxygen atoms in total. The number of hydrogen-bond acceptors (Lipinski definition) is 2. The van der Waals surface area contributed by atoms with Gasteiger partial charge in [-0.25, -0.2) is 3.11 Å². The van der Waals surface area contributed by atoms with E-state index in [4.69, 9.17) is 11.6 Å². The SMILES string of the molecule is Clc1ccc(C2CCN(I)CC2)nc1. The molecule has 0 bridgehead atoms. The fourth-order valence-electron chi connectivity index (χ4n) is 1.77. The molecular formula is C10H12ClIN2. The maximum absolute atomic E-state index is 5.80. The van der Waals surface area contributed by atoms with Gasteiger partial charge in [-0.05, 0) is 25.0 Å². The Bertz CT molecular complexity index is 293. The number of rotatable bonds is 1. The summed E-state index contributed by atoms with van der Waals surface area (Å²) >= 11 is 8.19. The summed E-state index contributed by atoms with van der Waals surface area (Å²) < 4.78 is 2.34. The summed E-state index contributed by atoms with van der Waals surface area (Å²) in [5.74, 6) is 0.623. The number of halogens is 2. The second-order valence-corrected chi connectivity index (χ2v) is 5.39. The third-order valence-corrected chi connectivity index (χ3v) is 3.80. The van der Waals surface area contributed by atoms with Crippen molar-refractivity contribution in [3.63, 3.8) is 0 Å². The topological polar surface area (TPSA) is 16.1 Å². The van der Waals surface area contributed by atoms with Crippen LogP contribution in [0.15, 0.2) is 18.3 Å². The Morgan fingerprint density at radius 1 is 1.36 bits per heavy atom. The highest BCUT2D eigenvalue weighted by atomic mass is 127. The average Bonchev–Trinajstić information content (AvgIpc) is 2.21. The van der Waals surface area contributed by atoms with Crippen molar-refractivity contribution in [2.75, 3.05) is 13.1 Å². The number of piperidine rings is 1. The summed E-state index contributed by atoms with van der Waals surface area (Å²) in [5, 5.41) is 0.722. The second-order valence-electron chi connectivity index (χ2n) is 3.59. The number of pyridine rings is 1. The fourth-order valence-corrected chi connectivity index (χ4v) is 2.44. The Hall–Kier alpha value is 0.130. The minimum atomic E-state index is 0.623. The summed E-state index contributed by atoms with van der Waals surface area (Å²) in [6, 6.07) is 3.98. The predicted octanol–water partition coefficient (Wildman–Crippen LogP) is 3.26. The van der Waals surface area contributed by atoms with Crippen molar-refractivity contribution in [1.29, 1.82) is 0 Å². The molecule has 76 valence electrons. The molecule has 0 spiro atoms. The predicted molar refractivity (Wildman–Crippen MR) is 66.8 cm³/mol. The summed E-state index contributed by atoms with van der Waals surface area (Å²) in [6.45, 7) is 2.32. The van der Waals surface area contributed by atoms with Gasteiger partial charge in [0.15, 0.2) is 0 Å². The van der Waals surface area contributed by atoms with Gasteiger partial charge in [0.1, 0.15) is 0 Å². The van der Waals surface area contributed by atoms with Crippen LogP contribution in [0.1, 0.15) is 24.5 Å². The Labute approximate surface area is 103 Å². The molecule has 2 rings (SSSR count). The fraction of sp³-hybridized carbons (Fsp3) is 0.500. The molecule has 14 heavy (non-hydrogen) atoms. The number of nitrogens with zero attached hydrogens (tertiary/aromatic N) is 2. The van der Waals surface area contributed by atoms with Crippen molar-refractivity contribution in [3.8, 4) is 0 Å². The van der Waals surface area contributed by atoms with E-state index in [1.165, 1.54) is 18.5 Å². The molecule has 1 fully saturated rings. The van der Waals surface area contributed by atoms with Gasteiger partial charge < -0.3 is 0 Å². The van der Waals surface area contributed by atoms with Gasteiger partial charge in [0.05, 0.1) is 5.02 Å².